The topological polar surface area (TPSA) is 74.9 Å². The van der Waals surface area contributed by atoms with E-state index in [4.69, 9.17) is 9.15 Å². The minimum Gasteiger partial charge on any atom is -0.467 e. The van der Waals surface area contributed by atoms with Crippen molar-refractivity contribution >= 4 is 5.91 Å². The summed E-state index contributed by atoms with van der Waals surface area (Å²) in [5.74, 6) is -0.172. The minimum absolute atomic E-state index is 0.0796. The van der Waals surface area contributed by atoms with Crippen molar-refractivity contribution in [1.29, 1.82) is 0 Å². The summed E-state index contributed by atoms with van der Waals surface area (Å²) in [7, 11) is 0. The molecule has 2 N–H and O–H groups in total. The number of nitrogens with zero attached hydrogens (tertiary/aromatic N) is 1. The Morgan fingerprint density at radius 3 is 2.84 bits per heavy atom. The van der Waals surface area contributed by atoms with Crippen LogP contribution in [0.15, 0.2) is 41.0 Å². The zero-order chi connectivity index (χ0) is 17.6. The van der Waals surface area contributed by atoms with E-state index in [-0.39, 0.29) is 18.0 Å². The number of carbonyl (C=O) groups is 1. The molecule has 1 aromatic heterocycles. The lowest BCUT2D eigenvalue weighted by molar-refractivity contribution is 0.0313. The molecule has 1 fully saturated rings. The number of morpholine rings is 1. The highest BCUT2D eigenvalue weighted by atomic mass is 19.1. The summed E-state index contributed by atoms with van der Waals surface area (Å²) < 4.78 is 24.3. The van der Waals surface area contributed by atoms with Gasteiger partial charge in [0.25, 0.3) is 5.91 Å². The molecular formula is C18H21FN2O4. The third kappa shape index (κ3) is 4.66. The van der Waals surface area contributed by atoms with Gasteiger partial charge in [-0.25, -0.2) is 4.39 Å². The number of ether oxygens (including phenoxy) is 1. The lowest BCUT2D eigenvalue weighted by atomic mass is 10.1. The highest BCUT2D eigenvalue weighted by Gasteiger charge is 2.17. The monoisotopic (exact) mass is 348 g/mol. The van der Waals surface area contributed by atoms with Crippen molar-refractivity contribution in [2.45, 2.75) is 12.6 Å². The molecule has 6 nitrogen and oxygen atoms in total. The summed E-state index contributed by atoms with van der Waals surface area (Å²) in [6, 6.07) is 7.63. The fourth-order valence-corrected chi connectivity index (χ4v) is 2.71. The van der Waals surface area contributed by atoms with Gasteiger partial charge in [-0.15, -0.1) is 0 Å². The zero-order valence-electron chi connectivity index (χ0n) is 13.8. The Morgan fingerprint density at radius 2 is 2.08 bits per heavy atom. The van der Waals surface area contributed by atoms with Gasteiger partial charge in [0.2, 0.25) is 0 Å². The van der Waals surface area contributed by atoms with Crippen molar-refractivity contribution < 1.29 is 23.4 Å². The minimum atomic E-state index is -1.11. The standard InChI is InChI=1S/C18H21FN2O4/c19-16-4-2-1-3-15(16)17(22)10-20-18(23)13-9-14(25-12-13)11-21-5-7-24-8-6-21/h1-4,9,12,17,22H,5-8,10-11H2,(H,20,23). The van der Waals surface area contributed by atoms with E-state index < -0.39 is 11.9 Å². The van der Waals surface area contributed by atoms with Crippen molar-refractivity contribution in [2.24, 2.45) is 0 Å². The molecule has 25 heavy (non-hydrogen) atoms. The Hall–Kier alpha value is -2.22. The number of amides is 1. The first-order valence-electron chi connectivity index (χ1n) is 8.21. The van der Waals surface area contributed by atoms with Crippen LogP contribution >= 0.6 is 0 Å². The second-order valence-corrected chi connectivity index (χ2v) is 5.94. The lowest BCUT2D eigenvalue weighted by Gasteiger charge is -2.25. The van der Waals surface area contributed by atoms with E-state index in [1.54, 1.807) is 18.2 Å². The van der Waals surface area contributed by atoms with E-state index >= 15 is 0 Å². The van der Waals surface area contributed by atoms with E-state index in [2.05, 4.69) is 10.2 Å². The van der Waals surface area contributed by atoms with Crippen LogP contribution in [0.25, 0.3) is 0 Å². The number of nitrogens with one attached hydrogen (secondary N) is 1. The fraction of sp³-hybridized carbons (Fsp3) is 0.389. The zero-order valence-corrected chi connectivity index (χ0v) is 13.8. The van der Waals surface area contributed by atoms with Crippen LogP contribution in [0.2, 0.25) is 0 Å². The molecule has 0 aliphatic carbocycles. The molecule has 1 atom stereocenters. The number of carbonyl (C=O) groups excluding carboxylic acids is 1. The van der Waals surface area contributed by atoms with Crippen LogP contribution in [0, 0.1) is 5.82 Å². The molecule has 1 saturated heterocycles. The number of benzene rings is 1. The van der Waals surface area contributed by atoms with Gasteiger partial charge in [-0.05, 0) is 12.1 Å². The van der Waals surface area contributed by atoms with Gasteiger partial charge >= 0.3 is 0 Å². The van der Waals surface area contributed by atoms with Crippen molar-refractivity contribution in [1.82, 2.24) is 10.2 Å². The molecule has 0 saturated carbocycles. The van der Waals surface area contributed by atoms with Crippen LogP contribution in [0.3, 0.4) is 0 Å². The molecule has 1 aromatic carbocycles. The summed E-state index contributed by atoms with van der Waals surface area (Å²) in [5.41, 5.74) is 0.534. The average Bonchev–Trinajstić information content (AvgIpc) is 3.09. The fourth-order valence-electron chi connectivity index (χ4n) is 2.71. The van der Waals surface area contributed by atoms with Gasteiger partial charge in [0.15, 0.2) is 0 Å². The quantitative estimate of drug-likeness (QED) is 0.831. The van der Waals surface area contributed by atoms with Crippen molar-refractivity contribution in [2.75, 3.05) is 32.8 Å². The maximum atomic E-state index is 13.6. The van der Waals surface area contributed by atoms with Gasteiger partial charge in [-0.3, -0.25) is 9.69 Å². The number of halogens is 1. The number of hydrogen-bond donors (Lipinski definition) is 2. The van der Waals surface area contributed by atoms with E-state index in [0.29, 0.717) is 31.1 Å². The summed E-state index contributed by atoms with van der Waals surface area (Å²) in [6.45, 7) is 3.59. The Morgan fingerprint density at radius 1 is 1.32 bits per heavy atom. The van der Waals surface area contributed by atoms with E-state index in [1.165, 1.54) is 18.4 Å². The summed E-state index contributed by atoms with van der Waals surface area (Å²) in [4.78, 5) is 14.3. The summed E-state index contributed by atoms with van der Waals surface area (Å²) >= 11 is 0. The largest absolute Gasteiger partial charge is 0.467 e. The first-order valence-corrected chi connectivity index (χ1v) is 8.21. The van der Waals surface area contributed by atoms with Gasteiger partial charge in [0.05, 0.1) is 31.4 Å². The molecule has 2 heterocycles. The third-order valence-corrected chi connectivity index (χ3v) is 4.12. The highest BCUT2D eigenvalue weighted by Crippen LogP contribution is 2.16. The highest BCUT2D eigenvalue weighted by molar-refractivity contribution is 5.93. The van der Waals surface area contributed by atoms with Gasteiger partial charge in [0.1, 0.15) is 17.8 Å². The molecule has 0 radical (unpaired) electrons. The third-order valence-electron chi connectivity index (χ3n) is 4.12. The Labute approximate surface area is 145 Å². The van der Waals surface area contributed by atoms with Gasteiger partial charge in [-0.2, -0.15) is 0 Å². The van der Waals surface area contributed by atoms with Gasteiger partial charge < -0.3 is 19.6 Å². The maximum Gasteiger partial charge on any atom is 0.254 e. The molecular weight excluding hydrogens is 327 g/mol. The first-order chi connectivity index (χ1) is 12.1. The molecule has 2 aromatic rings. The number of hydrogen-bond acceptors (Lipinski definition) is 5. The number of furan rings is 1. The van der Waals surface area contributed by atoms with Gasteiger partial charge in [-0.1, -0.05) is 18.2 Å². The van der Waals surface area contributed by atoms with Crippen LogP contribution < -0.4 is 5.32 Å². The molecule has 3 rings (SSSR count). The SMILES string of the molecule is O=C(NCC(O)c1ccccc1F)c1coc(CN2CCOCC2)c1. The molecule has 1 aliphatic rings. The van der Waals surface area contributed by atoms with Gasteiger partial charge in [0, 0.05) is 25.2 Å². The van der Waals surface area contributed by atoms with Crippen LogP contribution in [-0.2, 0) is 11.3 Å². The number of aliphatic hydroxyl groups excluding tert-OH is 1. The molecule has 0 bridgehead atoms. The molecule has 0 spiro atoms. The Kier molecular flexibility index (Phi) is 5.80. The van der Waals surface area contributed by atoms with Crippen LogP contribution in [-0.4, -0.2) is 48.8 Å². The van der Waals surface area contributed by atoms with E-state index in [0.717, 1.165) is 13.1 Å². The molecule has 1 amide bonds. The van der Waals surface area contributed by atoms with Crippen LogP contribution in [0.1, 0.15) is 27.8 Å². The second kappa shape index (κ2) is 8.24. The predicted molar refractivity (Wildman–Crippen MR) is 88.5 cm³/mol. The van der Waals surface area contributed by atoms with Crippen LogP contribution in [0.5, 0.6) is 0 Å². The summed E-state index contributed by atoms with van der Waals surface area (Å²) in [5, 5.41) is 12.6. The molecule has 1 unspecified atom stereocenters. The second-order valence-electron chi connectivity index (χ2n) is 5.94. The van der Waals surface area contributed by atoms with Crippen molar-refractivity contribution in [3.63, 3.8) is 0 Å². The first kappa shape index (κ1) is 17.6. The smallest absolute Gasteiger partial charge is 0.254 e. The normalized spacial score (nSPS) is 16.6. The number of rotatable bonds is 6. The molecule has 1 aliphatic heterocycles. The Balaban J connectivity index is 1.52. The van der Waals surface area contributed by atoms with Crippen molar-refractivity contribution in [3.05, 3.63) is 59.3 Å². The average molecular weight is 348 g/mol. The summed E-state index contributed by atoms with van der Waals surface area (Å²) in [6.07, 6.45) is 0.283. The maximum absolute atomic E-state index is 13.6. The van der Waals surface area contributed by atoms with E-state index in [1.807, 2.05) is 0 Å². The van der Waals surface area contributed by atoms with Crippen LogP contribution in [0.4, 0.5) is 4.39 Å². The molecule has 134 valence electrons. The molecule has 7 heteroatoms. The predicted octanol–water partition coefficient (Wildman–Crippen LogP) is 1.71. The van der Waals surface area contributed by atoms with Crippen molar-refractivity contribution in [3.8, 4) is 0 Å². The lowest BCUT2D eigenvalue weighted by Crippen LogP contribution is -2.35. The Bertz CT molecular complexity index is 713. The number of aliphatic hydroxyl groups is 1. The van der Waals surface area contributed by atoms with E-state index in [9.17, 15) is 14.3 Å².